The molecule has 2 atom stereocenters. The number of carbonyl (C=O) groups excluding carboxylic acids is 2. The molecule has 2 amide bonds. The summed E-state index contributed by atoms with van der Waals surface area (Å²) in [5.74, 6) is -0.347. The fourth-order valence-electron chi connectivity index (χ4n) is 1.82. The summed E-state index contributed by atoms with van der Waals surface area (Å²) in [4.78, 5) is 26.8. The fourth-order valence-corrected chi connectivity index (χ4v) is 1.82. The van der Waals surface area contributed by atoms with Gasteiger partial charge in [0.15, 0.2) is 0 Å². The number of nitrogens with two attached hydrogens (primary N) is 4. The molecule has 0 aromatic rings. The van der Waals surface area contributed by atoms with Crippen molar-refractivity contribution >= 4 is 11.8 Å². The molecule has 1 fully saturated rings. The van der Waals surface area contributed by atoms with Crippen molar-refractivity contribution in [2.75, 3.05) is 39.3 Å². The van der Waals surface area contributed by atoms with Crippen LogP contribution in [0.4, 0.5) is 0 Å². The number of hydrogen-bond donors (Lipinski definition) is 4. The van der Waals surface area contributed by atoms with Crippen molar-refractivity contribution in [2.24, 2.45) is 22.9 Å². The highest BCUT2D eigenvalue weighted by atomic mass is 16.2. The van der Waals surface area contributed by atoms with E-state index in [9.17, 15) is 9.59 Å². The van der Waals surface area contributed by atoms with E-state index in [1.165, 1.54) is 0 Å². The monoisotopic (exact) mass is 258 g/mol. The van der Waals surface area contributed by atoms with Gasteiger partial charge in [-0.15, -0.1) is 0 Å². The van der Waals surface area contributed by atoms with Crippen LogP contribution in [-0.4, -0.2) is 73.0 Å². The largest absolute Gasteiger partial charge is 0.338 e. The van der Waals surface area contributed by atoms with E-state index in [1.54, 1.807) is 9.80 Å². The number of amides is 2. The number of piperazine rings is 1. The van der Waals surface area contributed by atoms with Gasteiger partial charge >= 0.3 is 0 Å². The molecule has 1 heterocycles. The fraction of sp³-hybridized carbons (Fsp3) is 0.800. The van der Waals surface area contributed by atoms with Gasteiger partial charge in [0.1, 0.15) is 0 Å². The van der Waals surface area contributed by atoms with Crippen LogP contribution in [0, 0.1) is 0 Å². The maximum Gasteiger partial charge on any atom is 0.240 e. The number of hydrogen-bond acceptors (Lipinski definition) is 6. The standard InChI is InChI=1S/C10H22N6O2/c11-5-7(13)9(17)15-1-2-16(4-3-15)10(18)8(14)6-12/h7-8H,1-6,11-14H2/t7-,8-/m1/s1. The molecule has 0 radical (unpaired) electrons. The Bertz CT molecular complexity index is 273. The van der Waals surface area contributed by atoms with Crippen molar-refractivity contribution in [3.63, 3.8) is 0 Å². The molecule has 104 valence electrons. The van der Waals surface area contributed by atoms with Gasteiger partial charge in [-0.25, -0.2) is 0 Å². The second-order valence-corrected chi connectivity index (χ2v) is 4.33. The highest BCUT2D eigenvalue weighted by Crippen LogP contribution is 2.04. The van der Waals surface area contributed by atoms with Crippen LogP contribution in [0.15, 0.2) is 0 Å². The zero-order valence-corrected chi connectivity index (χ0v) is 10.4. The Morgan fingerprint density at radius 1 is 0.833 bits per heavy atom. The Labute approximate surface area is 106 Å². The minimum atomic E-state index is -0.668. The lowest BCUT2D eigenvalue weighted by Gasteiger charge is -2.36. The molecule has 0 saturated carbocycles. The topological polar surface area (TPSA) is 145 Å². The highest BCUT2D eigenvalue weighted by Gasteiger charge is 2.28. The van der Waals surface area contributed by atoms with E-state index < -0.39 is 12.1 Å². The molecule has 0 aromatic heterocycles. The average Bonchev–Trinajstić information content (AvgIpc) is 2.44. The molecule has 0 unspecified atom stereocenters. The van der Waals surface area contributed by atoms with Gasteiger partial charge in [-0.05, 0) is 0 Å². The number of rotatable bonds is 4. The van der Waals surface area contributed by atoms with Gasteiger partial charge < -0.3 is 32.7 Å². The Hall–Kier alpha value is -1.22. The Morgan fingerprint density at radius 3 is 1.33 bits per heavy atom. The Kier molecular flexibility index (Phi) is 5.48. The van der Waals surface area contributed by atoms with Gasteiger partial charge in [0.2, 0.25) is 11.8 Å². The number of nitrogens with zero attached hydrogens (tertiary/aromatic N) is 2. The summed E-state index contributed by atoms with van der Waals surface area (Å²) in [7, 11) is 0. The molecule has 8 heteroatoms. The van der Waals surface area contributed by atoms with Crippen LogP contribution in [-0.2, 0) is 9.59 Å². The molecule has 8 N–H and O–H groups in total. The Morgan fingerprint density at radius 2 is 1.11 bits per heavy atom. The van der Waals surface area contributed by atoms with Crippen LogP contribution in [0.2, 0.25) is 0 Å². The van der Waals surface area contributed by atoms with Crippen molar-refractivity contribution in [3.05, 3.63) is 0 Å². The van der Waals surface area contributed by atoms with E-state index in [1.807, 2.05) is 0 Å². The molecule has 0 aromatic carbocycles. The predicted octanol–water partition coefficient (Wildman–Crippen LogP) is -3.77. The third-order valence-electron chi connectivity index (χ3n) is 3.05. The predicted molar refractivity (Wildman–Crippen MR) is 67.2 cm³/mol. The molecule has 18 heavy (non-hydrogen) atoms. The minimum Gasteiger partial charge on any atom is -0.338 e. The van der Waals surface area contributed by atoms with E-state index in [4.69, 9.17) is 22.9 Å². The van der Waals surface area contributed by atoms with Crippen molar-refractivity contribution < 1.29 is 9.59 Å². The molecular weight excluding hydrogens is 236 g/mol. The lowest BCUT2D eigenvalue weighted by molar-refractivity contribution is -0.140. The smallest absolute Gasteiger partial charge is 0.240 e. The third-order valence-corrected chi connectivity index (χ3v) is 3.05. The van der Waals surface area contributed by atoms with E-state index in [-0.39, 0.29) is 24.9 Å². The quantitative estimate of drug-likeness (QED) is 0.407. The van der Waals surface area contributed by atoms with Crippen LogP contribution in [0.5, 0.6) is 0 Å². The van der Waals surface area contributed by atoms with Crippen LogP contribution < -0.4 is 22.9 Å². The molecule has 0 aliphatic carbocycles. The summed E-state index contributed by atoms with van der Waals surface area (Å²) in [5, 5.41) is 0. The van der Waals surface area contributed by atoms with Crippen molar-refractivity contribution in [2.45, 2.75) is 12.1 Å². The van der Waals surface area contributed by atoms with Gasteiger partial charge in [-0.3, -0.25) is 9.59 Å². The lowest BCUT2D eigenvalue weighted by atomic mass is 10.2. The molecule has 1 saturated heterocycles. The molecule has 8 nitrogen and oxygen atoms in total. The Balaban J connectivity index is 2.46. The first-order valence-corrected chi connectivity index (χ1v) is 6.00. The van der Waals surface area contributed by atoms with E-state index >= 15 is 0 Å². The summed E-state index contributed by atoms with van der Waals surface area (Å²) >= 11 is 0. The summed E-state index contributed by atoms with van der Waals surface area (Å²) in [5.41, 5.74) is 21.8. The molecular formula is C10H22N6O2. The van der Waals surface area contributed by atoms with E-state index in [2.05, 4.69) is 0 Å². The molecule has 0 bridgehead atoms. The molecule has 1 aliphatic rings. The molecule has 1 rings (SSSR count). The highest BCUT2D eigenvalue weighted by molar-refractivity contribution is 5.84. The number of carbonyl (C=O) groups is 2. The summed E-state index contributed by atoms with van der Waals surface area (Å²) in [6.45, 7) is 2.06. The van der Waals surface area contributed by atoms with E-state index in [0.717, 1.165) is 0 Å². The molecule has 0 spiro atoms. The average molecular weight is 258 g/mol. The van der Waals surface area contributed by atoms with Crippen molar-refractivity contribution in [1.29, 1.82) is 0 Å². The SMILES string of the molecule is NC[C@@H](N)C(=O)N1CCN(C(=O)[C@H](N)CN)CC1. The minimum absolute atomic E-state index is 0.121. The molecule has 1 aliphatic heterocycles. The van der Waals surface area contributed by atoms with Gasteiger partial charge in [0.05, 0.1) is 12.1 Å². The lowest BCUT2D eigenvalue weighted by Crippen LogP contribution is -2.58. The first kappa shape index (κ1) is 14.8. The van der Waals surface area contributed by atoms with Crippen LogP contribution in [0.1, 0.15) is 0 Å². The van der Waals surface area contributed by atoms with Gasteiger partial charge in [0.25, 0.3) is 0 Å². The third kappa shape index (κ3) is 3.39. The van der Waals surface area contributed by atoms with Gasteiger partial charge in [-0.2, -0.15) is 0 Å². The maximum absolute atomic E-state index is 11.8. The second kappa shape index (κ2) is 6.64. The van der Waals surface area contributed by atoms with Gasteiger partial charge in [0, 0.05) is 39.3 Å². The van der Waals surface area contributed by atoms with Gasteiger partial charge in [-0.1, -0.05) is 0 Å². The maximum atomic E-state index is 11.8. The zero-order chi connectivity index (χ0) is 13.7. The summed E-state index contributed by atoms with van der Waals surface area (Å²) in [6.07, 6.45) is 0. The first-order chi connectivity index (χ1) is 8.51. The van der Waals surface area contributed by atoms with Crippen LogP contribution in [0.3, 0.4) is 0 Å². The van der Waals surface area contributed by atoms with Crippen LogP contribution in [0.25, 0.3) is 0 Å². The zero-order valence-electron chi connectivity index (χ0n) is 10.4. The normalized spacial score (nSPS) is 19.6. The van der Waals surface area contributed by atoms with E-state index in [0.29, 0.717) is 26.2 Å². The summed E-state index contributed by atoms with van der Waals surface area (Å²) in [6, 6.07) is -1.34. The van der Waals surface area contributed by atoms with Crippen molar-refractivity contribution in [1.82, 2.24) is 9.80 Å². The van der Waals surface area contributed by atoms with Crippen LogP contribution >= 0.6 is 0 Å². The first-order valence-electron chi connectivity index (χ1n) is 6.00. The van der Waals surface area contributed by atoms with Crippen molar-refractivity contribution in [3.8, 4) is 0 Å². The summed E-state index contributed by atoms with van der Waals surface area (Å²) < 4.78 is 0. The second-order valence-electron chi connectivity index (χ2n) is 4.33.